The van der Waals surface area contributed by atoms with Crippen molar-refractivity contribution in [3.63, 3.8) is 0 Å². The zero-order valence-corrected chi connectivity index (χ0v) is 13.2. The highest BCUT2D eigenvalue weighted by Gasteiger charge is 2.12. The van der Waals surface area contributed by atoms with Gasteiger partial charge >= 0.3 is 0 Å². The number of hydrogen-bond acceptors (Lipinski definition) is 5. The van der Waals surface area contributed by atoms with Crippen molar-refractivity contribution >= 4 is 11.3 Å². The molecule has 21 heavy (non-hydrogen) atoms. The molecule has 2 rings (SSSR count). The monoisotopic (exact) mass is 309 g/mol. The minimum absolute atomic E-state index is 0.325. The molecule has 2 aromatic rings. The molecule has 0 radical (unpaired) electrons. The lowest BCUT2D eigenvalue weighted by Crippen LogP contribution is -2.34. The predicted octanol–water partition coefficient (Wildman–Crippen LogP) is 3.13. The lowest BCUT2D eigenvalue weighted by atomic mass is 10.3. The fourth-order valence-electron chi connectivity index (χ4n) is 2.22. The van der Waals surface area contributed by atoms with E-state index in [-0.39, 0.29) is 0 Å². The topological polar surface area (TPSA) is 45.8 Å². The van der Waals surface area contributed by atoms with Gasteiger partial charge in [-0.3, -0.25) is 4.90 Å². The third kappa shape index (κ3) is 6.01. The molecule has 0 aliphatic rings. The van der Waals surface area contributed by atoms with Crippen molar-refractivity contribution in [2.75, 3.05) is 19.7 Å². The highest BCUT2D eigenvalue weighted by molar-refractivity contribution is 7.09. The number of aliphatic hydroxyl groups is 1. The molecule has 2 aromatic heterocycles. The summed E-state index contributed by atoms with van der Waals surface area (Å²) in [6, 6.07) is 7.89. The number of aliphatic hydroxyl groups excluding tert-OH is 1. The molecule has 0 fully saturated rings. The Morgan fingerprint density at radius 1 is 1.38 bits per heavy atom. The van der Waals surface area contributed by atoms with Crippen molar-refractivity contribution in [2.45, 2.75) is 32.6 Å². The van der Waals surface area contributed by atoms with Crippen molar-refractivity contribution < 1.29 is 14.3 Å². The van der Waals surface area contributed by atoms with Gasteiger partial charge in [-0.25, -0.2) is 0 Å². The first kappa shape index (κ1) is 16.2. The largest absolute Gasteiger partial charge is 0.467 e. The molecule has 1 N–H and O–H groups in total. The molecule has 4 nitrogen and oxygen atoms in total. The van der Waals surface area contributed by atoms with Crippen LogP contribution >= 0.6 is 11.3 Å². The first-order chi connectivity index (χ1) is 10.3. The number of nitrogens with zero attached hydrogens (tertiary/aromatic N) is 1. The van der Waals surface area contributed by atoms with Gasteiger partial charge in [0.1, 0.15) is 12.4 Å². The summed E-state index contributed by atoms with van der Waals surface area (Å²) >= 11 is 1.75. The maximum atomic E-state index is 10.1. The summed E-state index contributed by atoms with van der Waals surface area (Å²) < 4.78 is 10.7. The number of rotatable bonds is 10. The standard InChI is InChI=1S/C16H23NO3S/c1-2-7-17(11-16-6-4-9-21-16)10-14(18)12-19-13-15-5-3-8-20-15/h3-6,8-9,14,18H,2,7,10-13H2,1H3/t14-/m0/s1. The first-order valence-corrected chi connectivity index (χ1v) is 8.18. The maximum absolute atomic E-state index is 10.1. The van der Waals surface area contributed by atoms with Gasteiger partial charge in [0.05, 0.1) is 19.0 Å². The quantitative estimate of drug-likeness (QED) is 0.732. The number of ether oxygens (including phenoxy) is 1. The molecule has 5 heteroatoms. The molecule has 0 amide bonds. The van der Waals surface area contributed by atoms with Crippen LogP contribution in [0.25, 0.3) is 0 Å². The molecule has 116 valence electrons. The van der Waals surface area contributed by atoms with Crippen molar-refractivity contribution in [3.05, 3.63) is 46.5 Å². The van der Waals surface area contributed by atoms with Crippen LogP contribution in [0.4, 0.5) is 0 Å². The van der Waals surface area contributed by atoms with Crippen molar-refractivity contribution in [3.8, 4) is 0 Å². The summed E-state index contributed by atoms with van der Waals surface area (Å²) in [6.07, 6.45) is 2.22. The summed E-state index contributed by atoms with van der Waals surface area (Å²) in [5.41, 5.74) is 0. The molecule has 0 spiro atoms. The van der Waals surface area contributed by atoms with E-state index in [9.17, 15) is 5.11 Å². The predicted molar refractivity (Wildman–Crippen MR) is 84.3 cm³/mol. The van der Waals surface area contributed by atoms with E-state index < -0.39 is 6.10 Å². The third-order valence-corrected chi connectivity index (χ3v) is 3.96. The number of hydrogen-bond donors (Lipinski definition) is 1. The van der Waals surface area contributed by atoms with E-state index in [2.05, 4.69) is 29.3 Å². The normalized spacial score (nSPS) is 12.9. The van der Waals surface area contributed by atoms with Crippen LogP contribution in [-0.4, -0.2) is 35.8 Å². The van der Waals surface area contributed by atoms with Gasteiger partial charge in [0.2, 0.25) is 0 Å². The average Bonchev–Trinajstić information content (AvgIpc) is 3.12. The van der Waals surface area contributed by atoms with E-state index in [0.717, 1.165) is 25.3 Å². The van der Waals surface area contributed by atoms with E-state index in [1.165, 1.54) is 4.88 Å². The highest BCUT2D eigenvalue weighted by Crippen LogP contribution is 2.12. The van der Waals surface area contributed by atoms with Crippen LogP contribution in [0, 0.1) is 0 Å². The molecule has 0 aliphatic carbocycles. The Kier molecular flexibility index (Phi) is 6.95. The number of thiophene rings is 1. The lowest BCUT2D eigenvalue weighted by molar-refractivity contribution is 0.00401. The van der Waals surface area contributed by atoms with E-state index in [0.29, 0.717) is 19.8 Å². The van der Waals surface area contributed by atoms with Gasteiger partial charge in [-0.1, -0.05) is 13.0 Å². The summed E-state index contributed by atoms with van der Waals surface area (Å²) in [6.45, 7) is 5.38. The molecule has 2 heterocycles. The second-order valence-electron chi connectivity index (χ2n) is 5.06. The van der Waals surface area contributed by atoms with Crippen LogP contribution in [0.2, 0.25) is 0 Å². The minimum atomic E-state index is -0.480. The van der Waals surface area contributed by atoms with Crippen LogP contribution in [0.3, 0.4) is 0 Å². The Bertz CT molecular complexity index is 470. The Labute approximate surface area is 130 Å². The highest BCUT2D eigenvalue weighted by atomic mass is 32.1. The van der Waals surface area contributed by atoms with E-state index >= 15 is 0 Å². The summed E-state index contributed by atoms with van der Waals surface area (Å²) in [7, 11) is 0. The van der Waals surface area contributed by atoms with Crippen LogP contribution in [0.1, 0.15) is 24.0 Å². The van der Waals surface area contributed by atoms with Crippen LogP contribution in [-0.2, 0) is 17.9 Å². The molecule has 0 aliphatic heterocycles. The van der Waals surface area contributed by atoms with E-state index in [1.807, 2.05) is 12.1 Å². The smallest absolute Gasteiger partial charge is 0.129 e. The van der Waals surface area contributed by atoms with Gasteiger partial charge < -0.3 is 14.3 Å². The molecule has 0 unspecified atom stereocenters. The minimum Gasteiger partial charge on any atom is -0.467 e. The van der Waals surface area contributed by atoms with E-state index in [4.69, 9.17) is 9.15 Å². The average molecular weight is 309 g/mol. The fourth-order valence-corrected chi connectivity index (χ4v) is 2.96. The second-order valence-corrected chi connectivity index (χ2v) is 6.10. The molecular weight excluding hydrogens is 286 g/mol. The SMILES string of the molecule is CCCN(Cc1cccs1)C[C@H](O)COCc1ccco1. The third-order valence-electron chi connectivity index (χ3n) is 3.10. The molecule has 0 saturated heterocycles. The van der Waals surface area contributed by atoms with Crippen LogP contribution in [0.15, 0.2) is 40.3 Å². The van der Waals surface area contributed by atoms with Gasteiger partial charge in [0, 0.05) is 18.0 Å². The molecule has 0 aromatic carbocycles. The van der Waals surface area contributed by atoms with Crippen LogP contribution in [0.5, 0.6) is 0 Å². The van der Waals surface area contributed by atoms with Gasteiger partial charge in [-0.15, -0.1) is 11.3 Å². The molecule has 0 saturated carbocycles. The van der Waals surface area contributed by atoms with E-state index in [1.54, 1.807) is 17.6 Å². The van der Waals surface area contributed by atoms with Crippen molar-refractivity contribution in [2.24, 2.45) is 0 Å². The first-order valence-electron chi connectivity index (χ1n) is 7.31. The van der Waals surface area contributed by atoms with Gasteiger partial charge in [0.15, 0.2) is 0 Å². The Morgan fingerprint density at radius 3 is 2.95 bits per heavy atom. The zero-order chi connectivity index (χ0) is 14.9. The van der Waals surface area contributed by atoms with Gasteiger partial charge in [0.25, 0.3) is 0 Å². The Balaban J connectivity index is 1.71. The van der Waals surface area contributed by atoms with Crippen molar-refractivity contribution in [1.29, 1.82) is 0 Å². The Hall–Kier alpha value is -1.14. The van der Waals surface area contributed by atoms with Gasteiger partial charge in [-0.05, 0) is 36.5 Å². The number of furan rings is 1. The summed E-state index contributed by atoms with van der Waals surface area (Å²) in [4.78, 5) is 3.60. The van der Waals surface area contributed by atoms with Gasteiger partial charge in [-0.2, -0.15) is 0 Å². The molecule has 1 atom stereocenters. The van der Waals surface area contributed by atoms with Crippen LogP contribution < -0.4 is 0 Å². The fraction of sp³-hybridized carbons (Fsp3) is 0.500. The second kappa shape index (κ2) is 9.00. The lowest BCUT2D eigenvalue weighted by Gasteiger charge is -2.24. The summed E-state index contributed by atoms with van der Waals surface area (Å²) in [5, 5.41) is 12.2. The summed E-state index contributed by atoms with van der Waals surface area (Å²) in [5.74, 6) is 0.784. The maximum Gasteiger partial charge on any atom is 0.129 e. The Morgan fingerprint density at radius 2 is 2.29 bits per heavy atom. The zero-order valence-electron chi connectivity index (χ0n) is 12.4. The molecular formula is C16H23NO3S. The van der Waals surface area contributed by atoms with Crippen molar-refractivity contribution in [1.82, 2.24) is 4.90 Å². The molecule has 0 bridgehead atoms.